The third kappa shape index (κ3) is 4.06. The van der Waals surface area contributed by atoms with E-state index in [1.807, 2.05) is 35.7 Å². The fourth-order valence-electron chi connectivity index (χ4n) is 3.62. The molecule has 162 valence electrons. The molecule has 1 aliphatic carbocycles. The summed E-state index contributed by atoms with van der Waals surface area (Å²) >= 11 is 2.85. The molecule has 0 aliphatic heterocycles. The molecular weight excluding hydrogens is 464 g/mol. The molecule has 2 aromatic carbocycles. The summed E-state index contributed by atoms with van der Waals surface area (Å²) in [5, 5.41) is 11.3. The molecule has 1 aliphatic rings. The molecule has 1 fully saturated rings. The van der Waals surface area contributed by atoms with Gasteiger partial charge in [-0.1, -0.05) is 24.3 Å². The highest BCUT2D eigenvalue weighted by molar-refractivity contribution is 7.92. The van der Waals surface area contributed by atoms with Crippen molar-refractivity contribution in [2.45, 2.75) is 23.7 Å². The van der Waals surface area contributed by atoms with E-state index in [0.29, 0.717) is 11.3 Å². The van der Waals surface area contributed by atoms with Crippen LogP contribution < -0.4 is 4.72 Å². The van der Waals surface area contributed by atoms with E-state index >= 15 is 0 Å². The van der Waals surface area contributed by atoms with Gasteiger partial charge in [-0.3, -0.25) is 4.72 Å². The number of thiophene rings is 1. The summed E-state index contributed by atoms with van der Waals surface area (Å²) in [6.45, 7) is 0. The Labute approximate surface area is 193 Å². The van der Waals surface area contributed by atoms with E-state index in [4.69, 9.17) is 0 Å². The highest BCUT2D eigenvalue weighted by atomic mass is 32.2. The lowest BCUT2D eigenvalue weighted by molar-refractivity contribution is 0.0696. The Bertz CT molecular complexity index is 1390. The molecule has 5 rings (SSSR count). The van der Waals surface area contributed by atoms with Crippen molar-refractivity contribution in [3.63, 3.8) is 0 Å². The standard InChI is InChI=1S/C23H18N2O4S3/c26-23(27)16-6-7-17(14-3-4-14)22(13-16)32(28,29)25-19-12-15(20-9-10-24-31-20)5-8-18(19)21-2-1-11-30-21/h1-2,5-14,25H,3-4H2,(H,26,27). The number of rotatable bonds is 7. The lowest BCUT2D eigenvalue weighted by atomic mass is 10.1. The van der Waals surface area contributed by atoms with Crippen LogP contribution in [0, 0.1) is 0 Å². The van der Waals surface area contributed by atoms with Gasteiger partial charge < -0.3 is 5.11 Å². The number of anilines is 1. The van der Waals surface area contributed by atoms with Crippen molar-refractivity contribution in [2.24, 2.45) is 0 Å². The molecule has 0 unspecified atom stereocenters. The number of hydrogen-bond donors (Lipinski definition) is 2. The molecule has 32 heavy (non-hydrogen) atoms. The predicted molar refractivity (Wildman–Crippen MR) is 127 cm³/mol. The molecule has 0 atom stereocenters. The third-order valence-corrected chi connectivity index (χ3v) is 8.46. The number of carboxylic acids is 1. The van der Waals surface area contributed by atoms with Gasteiger partial charge in [0.1, 0.15) is 0 Å². The van der Waals surface area contributed by atoms with Gasteiger partial charge in [0, 0.05) is 16.6 Å². The summed E-state index contributed by atoms with van der Waals surface area (Å²) in [7, 11) is -4.03. The van der Waals surface area contributed by atoms with Crippen molar-refractivity contribution >= 4 is 44.5 Å². The fourth-order valence-corrected chi connectivity index (χ4v) is 6.38. The first kappa shape index (κ1) is 20.9. The summed E-state index contributed by atoms with van der Waals surface area (Å²) in [5.41, 5.74) is 2.68. The second-order valence-electron chi connectivity index (χ2n) is 7.55. The SMILES string of the molecule is O=C(O)c1ccc(C2CC2)c(S(=O)(=O)Nc2cc(-c3ccns3)ccc2-c2cccs2)c1. The molecule has 2 N–H and O–H groups in total. The van der Waals surface area contributed by atoms with E-state index in [0.717, 1.165) is 33.7 Å². The third-order valence-electron chi connectivity index (χ3n) is 5.34. The number of nitrogens with zero attached hydrogens (tertiary/aromatic N) is 1. The van der Waals surface area contributed by atoms with Crippen molar-refractivity contribution in [1.29, 1.82) is 0 Å². The van der Waals surface area contributed by atoms with Gasteiger partial charge in [0.25, 0.3) is 10.0 Å². The second kappa shape index (κ2) is 8.16. The Morgan fingerprint density at radius 3 is 2.56 bits per heavy atom. The van der Waals surface area contributed by atoms with E-state index < -0.39 is 16.0 Å². The smallest absolute Gasteiger partial charge is 0.335 e. The molecule has 4 aromatic rings. The van der Waals surface area contributed by atoms with Crippen molar-refractivity contribution in [1.82, 2.24) is 4.37 Å². The molecule has 0 bridgehead atoms. The summed E-state index contributed by atoms with van der Waals surface area (Å²) in [5.74, 6) is -1.01. The number of carboxylic acid groups (broad SMARTS) is 1. The normalized spacial score (nSPS) is 13.8. The van der Waals surface area contributed by atoms with E-state index in [1.54, 1.807) is 18.3 Å². The number of carbonyl (C=O) groups is 1. The second-order valence-corrected chi connectivity index (χ2v) is 11.0. The van der Waals surface area contributed by atoms with E-state index in [1.165, 1.54) is 35.0 Å². The summed E-state index contributed by atoms with van der Waals surface area (Å²) in [4.78, 5) is 13.4. The van der Waals surface area contributed by atoms with Gasteiger partial charge in [-0.05, 0) is 77.1 Å². The molecular formula is C23H18N2O4S3. The van der Waals surface area contributed by atoms with Crippen molar-refractivity contribution < 1.29 is 18.3 Å². The lowest BCUT2D eigenvalue weighted by Gasteiger charge is -2.16. The zero-order chi connectivity index (χ0) is 22.3. The maximum absolute atomic E-state index is 13.5. The molecule has 0 spiro atoms. The van der Waals surface area contributed by atoms with Gasteiger partial charge in [-0.2, -0.15) is 0 Å². The van der Waals surface area contributed by atoms with E-state index in [-0.39, 0.29) is 16.4 Å². The van der Waals surface area contributed by atoms with Gasteiger partial charge in [-0.25, -0.2) is 17.6 Å². The van der Waals surface area contributed by atoms with Crippen LogP contribution in [0.25, 0.3) is 20.9 Å². The number of benzene rings is 2. The monoisotopic (exact) mass is 482 g/mol. The van der Waals surface area contributed by atoms with Crippen LogP contribution >= 0.6 is 22.9 Å². The van der Waals surface area contributed by atoms with Gasteiger partial charge in [0.2, 0.25) is 0 Å². The Balaban J connectivity index is 1.62. The van der Waals surface area contributed by atoms with Crippen molar-refractivity contribution in [3.8, 4) is 20.9 Å². The number of nitrogens with one attached hydrogen (secondary N) is 1. The fraction of sp³-hybridized carbons (Fsp3) is 0.130. The Kier molecular flexibility index (Phi) is 5.32. The van der Waals surface area contributed by atoms with Crippen LogP contribution in [0.2, 0.25) is 0 Å². The highest BCUT2D eigenvalue weighted by Gasteiger charge is 2.31. The quantitative estimate of drug-likeness (QED) is 0.341. The van der Waals surface area contributed by atoms with Crippen molar-refractivity contribution in [2.75, 3.05) is 4.72 Å². The maximum Gasteiger partial charge on any atom is 0.335 e. The zero-order valence-electron chi connectivity index (χ0n) is 16.7. The molecule has 2 heterocycles. The van der Waals surface area contributed by atoms with Gasteiger partial charge >= 0.3 is 5.97 Å². The number of hydrogen-bond acceptors (Lipinski definition) is 6. The van der Waals surface area contributed by atoms with Crippen LogP contribution in [-0.4, -0.2) is 23.9 Å². The van der Waals surface area contributed by atoms with Crippen LogP contribution in [0.15, 0.2) is 71.1 Å². The molecule has 0 amide bonds. The van der Waals surface area contributed by atoms with Crippen LogP contribution in [0.4, 0.5) is 5.69 Å². The van der Waals surface area contributed by atoms with Crippen LogP contribution in [0.3, 0.4) is 0 Å². The first-order valence-electron chi connectivity index (χ1n) is 9.91. The molecule has 1 saturated carbocycles. The van der Waals surface area contributed by atoms with Gasteiger partial charge in [0.15, 0.2) is 0 Å². The topological polar surface area (TPSA) is 96.4 Å². The average Bonchev–Trinajstić information content (AvgIpc) is 3.23. The van der Waals surface area contributed by atoms with Gasteiger partial charge in [-0.15, -0.1) is 11.3 Å². The Morgan fingerprint density at radius 2 is 1.91 bits per heavy atom. The van der Waals surface area contributed by atoms with E-state index in [2.05, 4.69) is 9.10 Å². The number of sulfonamides is 1. The average molecular weight is 483 g/mol. The van der Waals surface area contributed by atoms with Gasteiger partial charge in [0.05, 0.1) is 21.0 Å². The summed E-state index contributed by atoms with van der Waals surface area (Å²) in [6.07, 6.45) is 3.50. The minimum absolute atomic E-state index is 0.0280. The Hall–Kier alpha value is -3.01. The maximum atomic E-state index is 13.5. The first-order valence-corrected chi connectivity index (χ1v) is 13.0. The first-order chi connectivity index (χ1) is 15.4. The van der Waals surface area contributed by atoms with E-state index in [9.17, 15) is 18.3 Å². The molecule has 2 aromatic heterocycles. The molecule has 0 saturated heterocycles. The largest absolute Gasteiger partial charge is 0.478 e. The van der Waals surface area contributed by atoms with Crippen molar-refractivity contribution in [3.05, 3.63) is 77.3 Å². The highest BCUT2D eigenvalue weighted by Crippen LogP contribution is 2.44. The van der Waals surface area contributed by atoms with Crippen LogP contribution in [0.1, 0.15) is 34.7 Å². The molecule has 9 heteroatoms. The van der Waals surface area contributed by atoms with Crippen LogP contribution in [0.5, 0.6) is 0 Å². The number of aromatic nitrogens is 1. The summed E-state index contributed by atoms with van der Waals surface area (Å²) in [6, 6.07) is 15.7. The minimum atomic E-state index is -4.03. The predicted octanol–water partition coefficient (Wildman–Crippen LogP) is 5.92. The summed E-state index contributed by atoms with van der Waals surface area (Å²) < 4.78 is 34.0. The molecule has 0 radical (unpaired) electrons. The van der Waals surface area contributed by atoms with Crippen LogP contribution in [-0.2, 0) is 10.0 Å². The lowest BCUT2D eigenvalue weighted by Crippen LogP contribution is -2.16. The minimum Gasteiger partial charge on any atom is -0.478 e. The number of aromatic carboxylic acids is 1. The molecule has 6 nitrogen and oxygen atoms in total. The Morgan fingerprint density at radius 1 is 1.06 bits per heavy atom. The zero-order valence-corrected chi connectivity index (χ0v) is 19.1.